The zero-order valence-corrected chi connectivity index (χ0v) is 22.9. The number of rotatable bonds is 4. The van der Waals surface area contributed by atoms with E-state index >= 15 is 0 Å². The molecule has 0 aromatic rings. The summed E-state index contributed by atoms with van der Waals surface area (Å²) < 4.78 is 0. The molecule has 0 heterocycles. The molecule has 148 valence electrons. The van der Waals surface area contributed by atoms with Crippen LogP contribution < -0.4 is 0 Å². The normalized spacial score (nSPS) is 6.83. The minimum Gasteiger partial charge on any atom is -0.512 e. The Morgan fingerprint density at radius 2 is 0.500 bits per heavy atom. The van der Waals surface area contributed by atoms with E-state index in [-0.39, 0.29) is 72.5 Å². The minimum absolute atomic E-state index is 0. The van der Waals surface area contributed by atoms with Crippen molar-refractivity contribution in [3.05, 3.63) is 26.3 Å². The van der Waals surface area contributed by atoms with E-state index in [9.17, 15) is 0 Å². The molecule has 0 atom stereocenters. The SMILES string of the molecule is C[PH+](C)C[PH+](C)C.C[PH+](C)C[PH+](C)C.[C-]#N.[C-]#N.[C-]#N.[C-]#N.[Pd].[Pd]. The van der Waals surface area contributed by atoms with Crippen LogP contribution in [0.5, 0.6) is 0 Å². The van der Waals surface area contributed by atoms with E-state index in [1.54, 1.807) is 11.8 Å². The van der Waals surface area contributed by atoms with Crippen molar-refractivity contribution >= 4 is 31.7 Å². The van der Waals surface area contributed by atoms with Crippen molar-refractivity contribution in [2.45, 2.75) is 0 Å². The molecule has 0 amide bonds. The Morgan fingerprint density at radius 3 is 0.500 bits per heavy atom. The van der Waals surface area contributed by atoms with Gasteiger partial charge in [-0.3, -0.25) is 0 Å². The Morgan fingerprint density at radius 1 is 0.417 bits per heavy atom. The van der Waals surface area contributed by atoms with Crippen molar-refractivity contribution in [1.29, 1.82) is 21.0 Å². The van der Waals surface area contributed by atoms with E-state index in [2.05, 4.69) is 53.3 Å². The predicted octanol–water partition coefficient (Wildman–Crippen LogP) is 4.16. The molecular weight excluding hydrogens is 561 g/mol. The summed E-state index contributed by atoms with van der Waals surface area (Å²) in [6, 6.07) is 0. The van der Waals surface area contributed by atoms with Gasteiger partial charge in [0.25, 0.3) is 0 Å². The van der Waals surface area contributed by atoms with Crippen molar-refractivity contribution in [3.63, 3.8) is 0 Å². The zero-order valence-electron chi connectivity index (χ0n) is 15.8. The first kappa shape index (κ1) is 49.8. The van der Waals surface area contributed by atoms with Crippen LogP contribution in [0.3, 0.4) is 0 Å². The maximum Gasteiger partial charge on any atom is 0.154 e. The second-order valence-electron chi connectivity index (χ2n) is 5.18. The molecule has 0 spiro atoms. The van der Waals surface area contributed by atoms with Gasteiger partial charge in [0, 0.05) is 126 Å². The molecule has 0 bridgehead atoms. The van der Waals surface area contributed by atoms with Gasteiger partial charge in [-0.15, -0.1) is 0 Å². The van der Waals surface area contributed by atoms with Gasteiger partial charge >= 0.3 is 0 Å². The van der Waals surface area contributed by atoms with Gasteiger partial charge in [0.2, 0.25) is 0 Å². The van der Waals surface area contributed by atoms with Gasteiger partial charge in [-0.05, 0) is 0 Å². The van der Waals surface area contributed by atoms with E-state index in [0.717, 1.165) is 0 Å². The Balaban J connectivity index is -0.0000000237. The fraction of sp³-hybridized carbons (Fsp3) is 0.714. The van der Waals surface area contributed by atoms with Gasteiger partial charge in [-0.25, -0.2) is 0 Å². The van der Waals surface area contributed by atoms with Crippen molar-refractivity contribution < 1.29 is 40.8 Å². The van der Waals surface area contributed by atoms with Gasteiger partial charge in [0.1, 0.15) is 0 Å². The summed E-state index contributed by atoms with van der Waals surface area (Å²) in [7, 11) is 0.444. The van der Waals surface area contributed by atoms with E-state index in [1.165, 1.54) is 0 Å². The molecule has 0 radical (unpaired) electrons. The third-order valence-electron chi connectivity index (χ3n) is 1.41. The first-order chi connectivity index (χ1) is 10.3. The van der Waals surface area contributed by atoms with Crippen LogP contribution in [0.25, 0.3) is 0 Å². The topological polar surface area (TPSA) is 95.2 Å². The molecule has 0 aromatic carbocycles. The van der Waals surface area contributed by atoms with E-state index in [1.807, 2.05) is 0 Å². The second kappa shape index (κ2) is 56.4. The van der Waals surface area contributed by atoms with Crippen LogP contribution in [0.15, 0.2) is 0 Å². The van der Waals surface area contributed by atoms with Crippen LogP contribution in [0.4, 0.5) is 0 Å². The maximum atomic E-state index is 6.25. The monoisotopic (exact) mass is 592 g/mol. The quantitative estimate of drug-likeness (QED) is 0.278. The van der Waals surface area contributed by atoms with E-state index < -0.39 is 0 Å². The fourth-order valence-electron chi connectivity index (χ4n) is 1.41. The summed E-state index contributed by atoms with van der Waals surface area (Å²) in [6.07, 6.45) is 0. The minimum atomic E-state index is 0. The molecule has 0 saturated heterocycles. The van der Waals surface area contributed by atoms with E-state index in [0.29, 0.717) is 0 Å². The predicted molar refractivity (Wildman–Crippen MR) is 110 cm³/mol. The molecule has 0 fully saturated rings. The van der Waals surface area contributed by atoms with Crippen LogP contribution >= 0.6 is 31.7 Å². The number of hydrogen-bond acceptors (Lipinski definition) is 4. The second-order valence-corrected chi connectivity index (χ2v) is 17.7. The molecule has 0 aromatic heterocycles. The Hall–Kier alpha value is 1.00. The zero-order chi connectivity index (χ0) is 19.7. The fourth-order valence-corrected chi connectivity index (χ4v) is 12.7. The molecule has 0 aliphatic rings. The molecule has 0 rings (SSSR count). The summed E-state index contributed by atoms with van der Waals surface area (Å²) in [5.41, 5.74) is 0. The molecule has 24 heavy (non-hydrogen) atoms. The first-order valence-corrected chi connectivity index (χ1v) is 17.1. The Kier molecular flexibility index (Phi) is 117. The number of nitrogens with zero attached hydrogens (tertiary/aromatic N) is 4. The van der Waals surface area contributed by atoms with Gasteiger partial charge in [-0.2, -0.15) is 0 Å². The average molecular weight is 593 g/mol. The van der Waals surface area contributed by atoms with Crippen molar-refractivity contribution in [3.8, 4) is 0 Å². The molecule has 0 aliphatic heterocycles. The van der Waals surface area contributed by atoms with Crippen LogP contribution in [-0.4, -0.2) is 65.1 Å². The molecule has 10 heteroatoms. The van der Waals surface area contributed by atoms with Gasteiger partial charge in [0.05, 0.1) is 0 Å². The maximum absolute atomic E-state index is 6.25. The molecular formula is C14H32N4P4Pd2. The Bertz CT molecular complexity index is 206. The molecule has 0 saturated carbocycles. The summed E-state index contributed by atoms with van der Waals surface area (Å²) in [4.78, 5) is 0. The van der Waals surface area contributed by atoms with Gasteiger partial charge in [-0.1, -0.05) is 0 Å². The summed E-state index contributed by atoms with van der Waals surface area (Å²) in [5.74, 6) is 3.13. The summed E-state index contributed by atoms with van der Waals surface area (Å²) in [5, 5.41) is 25.0. The van der Waals surface area contributed by atoms with Gasteiger partial charge < -0.3 is 47.3 Å². The standard InChI is InChI=1S/2C5H14P2.4CN.2Pd/c2*1-6(2)5-7(3)4;4*1-2;;/h2*5H2,1-4H3;;;;;;/q;;4*-1;;/p+4. The van der Waals surface area contributed by atoms with Crippen molar-refractivity contribution in [2.24, 2.45) is 0 Å². The third-order valence-corrected chi connectivity index (χ3v) is 12.7. The van der Waals surface area contributed by atoms with E-state index in [4.69, 9.17) is 47.3 Å². The largest absolute Gasteiger partial charge is 0.512 e. The average Bonchev–Trinajstić information content (AvgIpc) is 2.45. The molecule has 0 unspecified atom stereocenters. The van der Waals surface area contributed by atoms with Crippen LogP contribution in [-0.2, 0) is 40.8 Å². The third kappa shape index (κ3) is 137. The van der Waals surface area contributed by atoms with Crippen molar-refractivity contribution in [1.82, 2.24) is 0 Å². The van der Waals surface area contributed by atoms with Crippen LogP contribution in [0, 0.1) is 47.3 Å². The summed E-state index contributed by atoms with van der Waals surface area (Å²) >= 11 is 0. The molecule has 4 nitrogen and oxygen atoms in total. The number of hydrogen-bond donors (Lipinski definition) is 0. The Labute approximate surface area is 184 Å². The summed E-state index contributed by atoms with van der Waals surface area (Å²) in [6.45, 7) is 38.1. The van der Waals surface area contributed by atoms with Gasteiger partial charge in [0.15, 0.2) is 11.8 Å². The molecule has 0 aliphatic carbocycles. The van der Waals surface area contributed by atoms with Crippen molar-refractivity contribution in [2.75, 3.05) is 65.1 Å². The molecule has 0 N–H and O–H groups in total. The first-order valence-electron chi connectivity index (χ1n) is 6.31. The van der Waals surface area contributed by atoms with Crippen LogP contribution in [0.1, 0.15) is 0 Å². The van der Waals surface area contributed by atoms with Crippen LogP contribution in [0.2, 0.25) is 0 Å². The smallest absolute Gasteiger partial charge is 0.154 e.